The molecule has 0 heterocycles. The van der Waals surface area contributed by atoms with Crippen molar-refractivity contribution in [1.82, 2.24) is 0 Å². The standard InChI is InChI=1S/C10H16N.C9H8O4.H2O/c1-11(2,3)9-10-7-5-4-6-8-10;1-6(10)13-8-5-3-2-4-7(8)9(11)12;/h4-8H,9H2,1-3H3;2-5H,1H3,(H,11,12);1H2/q+1;;/p-1. The van der Waals surface area contributed by atoms with E-state index in [0.29, 0.717) is 0 Å². The van der Waals surface area contributed by atoms with Gasteiger partial charge in [0, 0.05) is 12.5 Å². The van der Waals surface area contributed by atoms with E-state index in [4.69, 9.17) is 5.11 Å². The molecule has 0 aliphatic heterocycles. The second-order valence-corrected chi connectivity index (χ2v) is 6.33. The maximum absolute atomic E-state index is 10.6. The van der Waals surface area contributed by atoms with Crippen molar-refractivity contribution in [2.45, 2.75) is 13.5 Å². The van der Waals surface area contributed by atoms with Crippen molar-refractivity contribution in [3.63, 3.8) is 0 Å². The summed E-state index contributed by atoms with van der Waals surface area (Å²) in [5.74, 6) is -1.58. The molecule has 2 N–H and O–H groups in total. The first kappa shape index (κ1) is 22.3. The van der Waals surface area contributed by atoms with Crippen molar-refractivity contribution in [1.29, 1.82) is 0 Å². The normalized spacial score (nSPS) is 9.92. The molecule has 0 fully saturated rings. The Morgan fingerprint density at radius 1 is 0.960 bits per heavy atom. The van der Waals surface area contributed by atoms with E-state index in [2.05, 4.69) is 56.2 Å². The first-order chi connectivity index (χ1) is 11.2. The fourth-order valence-corrected chi connectivity index (χ4v) is 2.02. The highest BCUT2D eigenvalue weighted by Gasteiger charge is 2.11. The fraction of sp³-hybridized carbons (Fsp3) is 0.263. The summed E-state index contributed by atoms with van der Waals surface area (Å²) in [5, 5.41) is 8.69. The minimum Gasteiger partial charge on any atom is -0.870 e. The van der Waals surface area contributed by atoms with Gasteiger partial charge in [-0.3, -0.25) is 4.79 Å². The van der Waals surface area contributed by atoms with Crippen LogP contribution in [0.25, 0.3) is 0 Å². The number of benzene rings is 2. The molecule has 0 radical (unpaired) electrons. The molecule has 2 aromatic carbocycles. The lowest BCUT2D eigenvalue weighted by Crippen LogP contribution is -2.33. The van der Waals surface area contributed by atoms with Crippen molar-refractivity contribution in [3.8, 4) is 5.75 Å². The number of quaternary nitrogens is 1. The molecule has 2 aromatic rings. The number of hydrogen-bond acceptors (Lipinski definition) is 4. The third kappa shape index (κ3) is 9.24. The summed E-state index contributed by atoms with van der Waals surface area (Å²) < 4.78 is 5.68. The first-order valence-corrected chi connectivity index (χ1v) is 7.54. The lowest BCUT2D eigenvalue weighted by atomic mass is 10.2. The van der Waals surface area contributed by atoms with Gasteiger partial charge in [0.2, 0.25) is 0 Å². The molecule has 0 bridgehead atoms. The molecule has 25 heavy (non-hydrogen) atoms. The predicted octanol–water partition coefficient (Wildman–Crippen LogP) is 3.03. The summed E-state index contributed by atoms with van der Waals surface area (Å²) >= 11 is 0. The summed E-state index contributed by atoms with van der Waals surface area (Å²) in [6.45, 7) is 2.32. The number of rotatable bonds is 4. The van der Waals surface area contributed by atoms with E-state index in [1.165, 1.54) is 24.6 Å². The molecule has 0 saturated carbocycles. The zero-order valence-electron chi connectivity index (χ0n) is 15.0. The number of para-hydroxylation sites is 1. The molecule has 0 amide bonds. The molecule has 136 valence electrons. The molecule has 0 spiro atoms. The van der Waals surface area contributed by atoms with Crippen LogP contribution in [0.3, 0.4) is 0 Å². The Labute approximate surface area is 148 Å². The Kier molecular flexibility index (Phi) is 9.12. The maximum atomic E-state index is 10.6. The van der Waals surface area contributed by atoms with Crippen LogP contribution >= 0.6 is 0 Å². The second kappa shape index (κ2) is 10.2. The summed E-state index contributed by atoms with van der Waals surface area (Å²) in [5.41, 5.74) is 1.39. The van der Waals surface area contributed by atoms with Crippen molar-refractivity contribution >= 4 is 11.9 Å². The molecule has 0 aliphatic carbocycles. The van der Waals surface area contributed by atoms with Crippen LogP contribution < -0.4 is 4.74 Å². The lowest BCUT2D eigenvalue weighted by Gasteiger charge is -2.23. The monoisotopic (exact) mass is 347 g/mol. The number of carboxylic acid groups (broad SMARTS) is 1. The predicted molar refractivity (Wildman–Crippen MR) is 94.8 cm³/mol. The summed E-state index contributed by atoms with van der Waals surface area (Å²) in [6, 6.07) is 16.6. The number of ether oxygens (including phenoxy) is 1. The number of carbonyl (C=O) groups excluding carboxylic acids is 1. The van der Waals surface area contributed by atoms with Crippen LogP contribution in [0.4, 0.5) is 0 Å². The van der Waals surface area contributed by atoms with Gasteiger partial charge < -0.3 is 19.8 Å². The van der Waals surface area contributed by atoms with Crippen LogP contribution in [0.15, 0.2) is 54.6 Å². The Morgan fingerprint density at radius 2 is 1.48 bits per heavy atom. The van der Waals surface area contributed by atoms with Crippen LogP contribution in [0, 0.1) is 0 Å². The van der Waals surface area contributed by atoms with Gasteiger partial charge in [0.1, 0.15) is 17.9 Å². The molecular formula is C19H25NO5. The molecule has 0 atom stereocenters. The minimum absolute atomic E-state index is 0. The van der Waals surface area contributed by atoms with Gasteiger partial charge in [-0.1, -0.05) is 42.5 Å². The number of carboxylic acids is 1. The molecular weight excluding hydrogens is 322 g/mol. The minimum atomic E-state index is -1.11. The van der Waals surface area contributed by atoms with Crippen LogP contribution in [-0.2, 0) is 11.3 Å². The van der Waals surface area contributed by atoms with E-state index in [9.17, 15) is 9.59 Å². The fourth-order valence-electron chi connectivity index (χ4n) is 2.02. The average Bonchev–Trinajstić information content (AvgIpc) is 2.47. The molecule has 0 aromatic heterocycles. The number of carbonyl (C=O) groups is 2. The second-order valence-electron chi connectivity index (χ2n) is 6.33. The van der Waals surface area contributed by atoms with E-state index in [1.807, 2.05) is 0 Å². The van der Waals surface area contributed by atoms with E-state index in [0.717, 1.165) is 11.0 Å². The average molecular weight is 347 g/mol. The van der Waals surface area contributed by atoms with Crippen LogP contribution in [0.5, 0.6) is 5.75 Å². The SMILES string of the molecule is CC(=O)Oc1ccccc1C(=O)O.C[N+](C)(C)Cc1ccccc1.[OH-]. The van der Waals surface area contributed by atoms with Gasteiger partial charge in [-0.15, -0.1) is 0 Å². The third-order valence-corrected chi connectivity index (χ3v) is 2.87. The highest BCUT2D eigenvalue weighted by molar-refractivity contribution is 5.91. The molecule has 0 saturated heterocycles. The topological polar surface area (TPSA) is 93.6 Å². The number of nitrogens with zero attached hydrogens (tertiary/aromatic N) is 1. The number of esters is 1. The molecule has 0 aliphatic rings. The summed E-state index contributed by atoms with van der Waals surface area (Å²) in [4.78, 5) is 21.2. The van der Waals surface area contributed by atoms with Crippen molar-refractivity contribution in [2.75, 3.05) is 21.1 Å². The molecule has 6 heteroatoms. The molecule has 6 nitrogen and oxygen atoms in total. The van der Waals surface area contributed by atoms with Crippen molar-refractivity contribution in [2.24, 2.45) is 0 Å². The zero-order valence-corrected chi connectivity index (χ0v) is 15.0. The van der Waals surface area contributed by atoms with Gasteiger partial charge in [0.25, 0.3) is 0 Å². The number of hydrogen-bond donors (Lipinski definition) is 1. The van der Waals surface area contributed by atoms with Crippen LogP contribution in [0.2, 0.25) is 0 Å². The van der Waals surface area contributed by atoms with Crippen molar-refractivity contribution < 1.29 is 29.4 Å². The van der Waals surface area contributed by atoms with Gasteiger partial charge >= 0.3 is 11.9 Å². The Bertz CT molecular complexity index is 678. The Hall–Kier alpha value is -2.70. The van der Waals surface area contributed by atoms with Gasteiger partial charge in [0.05, 0.1) is 21.1 Å². The Balaban J connectivity index is 0.000000449. The highest BCUT2D eigenvalue weighted by Crippen LogP contribution is 2.17. The third-order valence-electron chi connectivity index (χ3n) is 2.87. The maximum Gasteiger partial charge on any atom is 0.339 e. The van der Waals surface area contributed by atoms with E-state index in [-0.39, 0.29) is 16.8 Å². The van der Waals surface area contributed by atoms with Gasteiger partial charge in [-0.2, -0.15) is 0 Å². The van der Waals surface area contributed by atoms with Crippen LogP contribution in [0.1, 0.15) is 22.8 Å². The summed E-state index contributed by atoms with van der Waals surface area (Å²) in [7, 11) is 6.60. The molecule has 2 rings (SSSR count). The Morgan fingerprint density at radius 3 is 1.96 bits per heavy atom. The zero-order chi connectivity index (χ0) is 18.2. The smallest absolute Gasteiger partial charge is 0.339 e. The van der Waals surface area contributed by atoms with Gasteiger partial charge in [-0.25, -0.2) is 4.79 Å². The van der Waals surface area contributed by atoms with Gasteiger partial charge in [0.15, 0.2) is 0 Å². The first-order valence-electron chi connectivity index (χ1n) is 7.54. The quantitative estimate of drug-likeness (QED) is 0.521. The lowest BCUT2D eigenvalue weighted by molar-refractivity contribution is -0.884. The van der Waals surface area contributed by atoms with Crippen molar-refractivity contribution in [3.05, 3.63) is 65.7 Å². The largest absolute Gasteiger partial charge is 0.870 e. The molecule has 0 unspecified atom stereocenters. The van der Waals surface area contributed by atoms with E-state index in [1.54, 1.807) is 12.1 Å². The highest BCUT2D eigenvalue weighted by atomic mass is 16.5. The van der Waals surface area contributed by atoms with Crippen LogP contribution in [-0.4, -0.2) is 48.1 Å². The van der Waals surface area contributed by atoms with Gasteiger partial charge in [-0.05, 0) is 12.1 Å². The van der Waals surface area contributed by atoms with E-state index < -0.39 is 11.9 Å². The number of aromatic carboxylic acids is 1. The van der Waals surface area contributed by atoms with E-state index >= 15 is 0 Å². The summed E-state index contributed by atoms with van der Waals surface area (Å²) in [6.07, 6.45) is 0.